The summed E-state index contributed by atoms with van der Waals surface area (Å²) in [6.45, 7) is 0.356. The normalized spacial score (nSPS) is 10.7. The molecule has 0 radical (unpaired) electrons. The van der Waals surface area contributed by atoms with E-state index in [0.29, 0.717) is 12.4 Å². The van der Waals surface area contributed by atoms with Crippen LogP contribution in [0.4, 0.5) is 8.78 Å². The second-order valence-corrected chi connectivity index (χ2v) is 4.17. The number of hydrogen-bond donors (Lipinski definition) is 0. The molecular weight excluding hydrogens is 258 g/mol. The van der Waals surface area contributed by atoms with E-state index in [1.54, 1.807) is 0 Å². The first kappa shape index (κ1) is 12.8. The van der Waals surface area contributed by atoms with Gasteiger partial charge in [-0.25, -0.2) is 8.78 Å². The zero-order valence-corrected chi connectivity index (χ0v) is 10.2. The van der Waals surface area contributed by atoms with Gasteiger partial charge in [0.1, 0.15) is 12.4 Å². The molecule has 2 rings (SSSR count). The monoisotopic (exact) mass is 268 g/mol. The average molecular weight is 269 g/mol. The van der Waals surface area contributed by atoms with Crippen molar-refractivity contribution in [2.75, 3.05) is 0 Å². The molecule has 0 unspecified atom stereocenters. The van der Waals surface area contributed by atoms with Crippen LogP contribution in [0.2, 0.25) is 5.02 Å². The predicted molar refractivity (Wildman–Crippen MR) is 67.2 cm³/mol. The van der Waals surface area contributed by atoms with Gasteiger partial charge in [-0.15, -0.1) is 0 Å². The molecule has 4 heteroatoms. The maximum atomic E-state index is 12.4. The van der Waals surface area contributed by atoms with Crippen LogP contribution in [0.3, 0.4) is 0 Å². The van der Waals surface area contributed by atoms with Crippen molar-refractivity contribution in [3.8, 4) is 5.75 Å². The lowest BCUT2D eigenvalue weighted by Gasteiger charge is -2.09. The van der Waals surface area contributed by atoms with Crippen molar-refractivity contribution in [2.45, 2.75) is 13.0 Å². The van der Waals surface area contributed by atoms with E-state index >= 15 is 0 Å². The van der Waals surface area contributed by atoms with Crippen molar-refractivity contribution in [2.24, 2.45) is 0 Å². The molecule has 0 heterocycles. The van der Waals surface area contributed by atoms with Crippen molar-refractivity contribution in [3.05, 3.63) is 64.7 Å². The van der Waals surface area contributed by atoms with E-state index < -0.39 is 6.43 Å². The summed E-state index contributed by atoms with van der Waals surface area (Å²) in [6.07, 6.45) is -2.52. The number of hydrogen-bond acceptors (Lipinski definition) is 1. The van der Waals surface area contributed by atoms with Crippen LogP contribution < -0.4 is 4.74 Å². The largest absolute Gasteiger partial charge is 0.487 e. The van der Waals surface area contributed by atoms with Crippen LogP contribution >= 0.6 is 11.6 Å². The van der Waals surface area contributed by atoms with Gasteiger partial charge in [-0.1, -0.05) is 41.9 Å². The topological polar surface area (TPSA) is 9.23 Å². The maximum absolute atomic E-state index is 12.4. The Balaban J connectivity index is 2.06. The summed E-state index contributed by atoms with van der Waals surface area (Å²) in [5.41, 5.74) is 0.888. The summed E-state index contributed by atoms with van der Waals surface area (Å²) in [7, 11) is 0. The van der Waals surface area contributed by atoms with Crippen molar-refractivity contribution in [1.82, 2.24) is 0 Å². The minimum absolute atomic E-state index is 0.105. The van der Waals surface area contributed by atoms with E-state index in [4.69, 9.17) is 16.3 Å². The van der Waals surface area contributed by atoms with E-state index in [0.717, 1.165) is 5.56 Å². The summed E-state index contributed by atoms with van der Waals surface area (Å²) >= 11 is 5.88. The van der Waals surface area contributed by atoms with Crippen LogP contribution in [0.15, 0.2) is 48.5 Å². The lowest BCUT2D eigenvalue weighted by Crippen LogP contribution is -1.96. The third-order valence-corrected chi connectivity index (χ3v) is 2.74. The summed E-state index contributed by atoms with van der Waals surface area (Å²) in [6, 6.07) is 13.6. The molecule has 0 saturated carbocycles. The summed E-state index contributed by atoms with van der Waals surface area (Å²) in [4.78, 5) is 0. The van der Waals surface area contributed by atoms with Gasteiger partial charge in [-0.05, 0) is 23.8 Å². The van der Waals surface area contributed by atoms with Crippen LogP contribution in [-0.2, 0) is 6.61 Å². The number of alkyl halides is 2. The van der Waals surface area contributed by atoms with Crippen molar-refractivity contribution < 1.29 is 13.5 Å². The van der Waals surface area contributed by atoms with Gasteiger partial charge in [0, 0.05) is 5.56 Å². The first-order valence-corrected chi connectivity index (χ1v) is 5.79. The molecule has 94 valence electrons. The van der Waals surface area contributed by atoms with Crippen LogP contribution in [-0.4, -0.2) is 0 Å². The van der Waals surface area contributed by atoms with Crippen LogP contribution in [0.5, 0.6) is 5.75 Å². The number of halogens is 3. The Morgan fingerprint density at radius 1 is 1.06 bits per heavy atom. The number of ether oxygens (including phenoxy) is 1. The third kappa shape index (κ3) is 3.20. The number of rotatable bonds is 4. The zero-order chi connectivity index (χ0) is 13.0. The van der Waals surface area contributed by atoms with Gasteiger partial charge in [0.15, 0.2) is 0 Å². The summed E-state index contributed by atoms with van der Waals surface area (Å²) in [5, 5.41) is 0.198. The molecule has 0 aliphatic rings. The minimum Gasteiger partial charge on any atom is -0.487 e. The summed E-state index contributed by atoms with van der Waals surface area (Å²) in [5.74, 6) is 0.407. The van der Waals surface area contributed by atoms with E-state index in [2.05, 4.69) is 0 Å². The van der Waals surface area contributed by atoms with Crippen molar-refractivity contribution in [3.63, 3.8) is 0 Å². The lowest BCUT2D eigenvalue weighted by molar-refractivity contribution is 0.151. The van der Waals surface area contributed by atoms with Gasteiger partial charge in [-0.3, -0.25) is 0 Å². The van der Waals surface area contributed by atoms with Gasteiger partial charge in [0.05, 0.1) is 5.02 Å². The summed E-state index contributed by atoms with van der Waals surface area (Å²) < 4.78 is 30.3. The van der Waals surface area contributed by atoms with E-state index in [9.17, 15) is 8.78 Å². The van der Waals surface area contributed by atoms with Crippen LogP contribution in [0, 0.1) is 0 Å². The van der Waals surface area contributed by atoms with Crippen LogP contribution in [0.1, 0.15) is 17.6 Å². The average Bonchev–Trinajstić information content (AvgIpc) is 2.38. The Labute approximate surface area is 109 Å². The Kier molecular flexibility index (Phi) is 4.15. The Bertz CT molecular complexity index is 514. The van der Waals surface area contributed by atoms with Crippen molar-refractivity contribution >= 4 is 11.6 Å². The highest BCUT2D eigenvalue weighted by molar-refractivity contribution is 6.32. The second-order valence-electron chi connectivity index (χ2n) is 3.76. The molecule has 0 atom stereocenters. The minimum atomic E-state index is -2.52. The van der Waals surface area contributed by atoms with Gasteiger partial charge in [-0.2, -0.15) is 0 Å². The molecule has 0 N–H and O–H groups in total. The van der Waals surface area contributed by atoms with Crippen LogP contribution in [0.25, 0.3) is 0 Å². The molecule has 0 bridgehead atoms. The molecule has 0 aromatic heterocycles. The Morgan fingerprint density at radius 3 is 2.39 bits per heavy atom. The number of benzene rings is 2. The highest BCUT2D eigenvalue weighted by Gasteiger charge is 2.10. The van der Waals surface area contributed by atoms with Gasteiger partial charge < -0.3 is 4.74 Å². The molecule has 0 saturated heterocycles. The second kappa shape index (κ2) is 5.83. The van der Waals surface area contributed by atoms with E-state index in [1.165, 1.54) is 18.2 Å². The molecule has 0 spiro atoms. The molecule has 2 aromatic rings. The molecule has 2 aromatic carbocycles. The quantitative estimate of drug-likeness (QED) is 0.770. The highest BCUT2D eigenvalue weighted by atomic mass is 35.5. The van der Waals surface area contributed by atoms with Gasteiger partial charge in [0.2, 0.25) is 0 Å². The fourth-order valence-electron chi connectivity index (χ4n) is 1.51. The third-order valence-electron chi connectivity index (χ3n) is 2.45. The fraction of sp³-hybridized carbons (Fsp3) is 0.143. The predicted octanol–water partition coefficient (Wildman–Crippen LogP) is 4.86. The molecular formula is C14H11ClF2O. The van der Waals surface area contributed by atoms with E-state index in [1.807, 2.05) is 30.3 Å². The smallest absolute Gasteiger partial charge is 0.263 e. The standard InChI is InChI=1S/C14H11ClF2O/c15-12-8-11(14(16)17)6-7-13(12)18-9-10-4-2-1-3-5-10/h1-8,14H,9H2. The maximum Gasteiger partial charge on any atom is 0.263 e. The van der Waals surface area contributed by atoms with Gasteiger partial charge >= 0.3 is 0 Å². The lowest BCUT2D eigenvalue weighted by atomic mass is 10.2. The molecule has 0 aliphatic carbocycles. The molecule has 0 amide bonds. The highest BCUT2D eigenvalue weighted by Crippen LogP contribution is 2.30. The molecule has 18 heavy (non-hydrogen) atoms. The molecule has 1 nitrogen and oxygen atoms in total. The van der Waals surface area contributed by atoms with Gasteiger partial charge in [0.25, 0.3) is 6.43 Å². The molecule has 0 fully saturated rings. The molecule has 0 aliphatic heterocycles. The fourth-order valence-corrected chi connectivity index (χ4v) is 1.75. The first-order chi connectivity index (χ1) is 8.66. The Morgan fingerprint density at radius 2 is 1.78 bits per heavy atom. The zero-order valence-electron chi connectivity index (χ0n) is 9.45. The van der Waals surface area contributed by atoms with E-state index in [-0.39, 0.29) is 10.6 Å². The van der Waals surface area contributed by atoms with Crippen molar-refractivity contribution in [1.29, 1.82) is 0 Å². The SMILES string of the molecule is FC(F)c1ccc(OCc2ccccc2)c(Cl)c1. The first-order valence-electron chi connectivity index (χ1n) is 5.41. The Hall–Kier alpha value is -1.61.